The molecule has 0 saturated heterocycles. The Hall–Kier alpha value is -0.570. The number of benzene rings is 1. The summed E-state index contributed by atoms with van der Waals surface area (Å²) in [5.41, 5.74) is 1.25. The van der Waals surface area contributed by atoms with Crippen molar-refractivity contribution in [3.8, 4) is 0 Å². The van der Waals surface area contributed by atoms with Crippen LogP contribution in [0, 0.1) is 0 Å². The fourth-order valence-corrected chi connectivity index (χ4v) is 1.79. The van der Waals surface area contributed by atoms with Gasteiger partial charge in [-0.3, -0.25) is 0 Å². The molecule has 0 aliphatic heterocycles. The maximum absolute atomic E-state index is 5.95. The average molecular weight is 270 g/mol. The first kappa shape index (κ1) is 15.5. The predicted molar refractivity (Wildman–Crippen MR) is 78.1 cm³/mol. The van der Waals surface area contributed by atoms with Crippen molar-refractivity contribution >= 4 is 11.6 Å². The SMILES string of the molecule is CCC(CNC(C)(C)C)OCc1cccc(Cl)c1. The Morgan fingerprint density at radius 2 is 2.06 bits per heavy atom. The lowest BCUT2D eigenvalue weighted by Crippen LogP contribution is -2.41. The Labute approximate surface area is 116 Å². The highest BCUT2D eigenvalue weighted by Crippen LogP contribution is 2.13. The molecule has 2 nitrogen and oxygen atoms in total. The van der Waals surface area contributed by atoms with Gasteiger partial charge in [0.25, 0.3) is 0 Å². The quantitative estimate of drug-likeness (QED) is 0.842. The highest BCUT2D eigenvalue weighted by molar-refractivity contribution is 6.30. The van der Waals surface area contributed by atoms with E-state index >= 15 is 0 Å². The van der Waals surface area contributed by atoms with Gasteiger partial charge >= 0.3 is 0 Å². The minimum absolute atomic E-state index is 0.132. The molecule has 1 aromatic rings. The molecule has 0 spiro atoms. The summed E-state index contributed by atoms with van der Waals surface area (Å²) in [5, 5.41) is 4.23. The molecule has 3 heteroatoms. The van der Waals surface area contributed by atoms with Crippen LogP contribution in [0.3, 0.4) is 0 Å². The molecule has 0 radical (unpaired) electrons. The standard InChI is InChI=1S/C15H24ClNO/c1-5-14(10-17-15(2,3)4)18-11-12-7-6-8-13(16)9-12/h6-9,14,17H,5,10-11H2,1-4H3. The smallest absolute Gasteiger partial charge is 0.0721 e. The number of rotatable bonds is 6. The maximum Gasteiger partial charge on any atom is 0.0721 e. The van der Waals surface area contributed by atoms with E-state index in [0.29, 0.717) is 6.61 Å². The highest BCUT2D eigenvalue weighted by Gasteiger charge is 2.13. The molecule has 0 aliphatic carbocycles. The molecule has 102 valence electrons. The highest BCUT2D eigenvalue weighted by atomic mass is 35.5. The Bertz CT molecular complexity index is 360. The van der Waals surface area contributed by atoms with E-state index in [1.807, 2.05) is 24.3 Å². The van der Waals surface area contributed by atoms with Gasteiger partial charge in [0.2, 0.25) is 0 Å². The summed E-state index contributed by atoms with van der Waals surface area (Å²) in [5.74, 6) is 0. The zero-order valence-electron chi connectivity index (χ0n) is 11.8. The summed E-state index contributed by atoms with van der Waals surface area (Å²) in [6.07, 6.45) is 1.24. The second kappa shape index (κ2) is 7.13. The van der Waals surface area contributed by atoms with Crippen LogP contribution in [-0.2, 0) is 11.3 Å². The second-order valence-electron chi connectivity index (χ2n) is 5.60. The van der Waals surface area contributed by atoms with Crippen LogP contribution in [0.15, 0.2) is 24.3 Å². The number of ether oxygens (including phenoxy) is 1. The van der Waals surface area contributed by atoms with Crippen LogP contribution in [0.5, 0.6) is 0 Å². The van der Waals surface area contributed by atoms with Crippen molar-refractivity contribution in [2.24, 2.45) is 0 Å². The molecule has 0 bridgehead atoms. The van der Waals surface area contributed by atoms with E-state index in [0.717, 1.165) is 23.6 Å². The van der Waals surface area contributed by atoms with Gasteiger partial charge in [0.1, 0.15) is 0 Å². The largest absolute Gasteiger partial charge is 0.372 e. The fraction of sp³-hybridized carbons (Fsp3) is 0.600. The van der Waals surface area contributed by atoms with Gasteiger partial charge in [-0.1, -0.05) is 30.7 Å². The normalized spacial score (nSPS) is 13.6. The summed E-state index contributed by atoms with van der Waals surface area (Å²) in [6.45, 7) is 10.1. The lowest BCUT2D eigenvalue weighted by molar-refractivity contribution is 0.0346. The van der Waals surface area contributed by atoms with E-state index in [1.54, 1.807) is 0 Å². The van der Waals surface area contributed by atoms with Gasteiger partial charge in [-0.15, -0.1) is 0 Å². The van der Waals surface area contributed by atoms with Crippen molar-refractivity contribution < 1.29 is 4.74 Å². The van der Waals surface area contributed by atoms with Gasteiger partial charge in [0.15, 0.2) is 0 Å². The topological polar surface area (TPSA) is 21.3 Å². The predicted octanol–water partition coefficient (Wildman–Crippen LogP) is 4.02. The van der Waals surface area contributed by atoms with Crippen LogP contribution in [0.2, 0.25) is 5.02 Å². The van der Waals surface area contributed by atoms with Crippen LogP contribution in [0.25, 0.3) is 0 Å². The van der Waals surface area contributed by atoms with Gasteiger partial charge in [0.05, 0.1) is 12.7 Å². The minimum Gasteiger partial charge on any atom is -0.372 e. The first-order chi connectivity index (χ1) is 8.40. The molecule has 1 aromatic carbocycles. The molecule has 0 aromatic heterocycles. The molecule has 1 N–H and O–H groups in total. The zero-order chi connectivity index (χ0) is 13.6. The van der Waals surface area contributed by atoms with Crippen molar-refractivity contribution in [3.63, 3.8) is 0 Å². The molecule has 0 aliphatic rings. The summed E-state index contributed by atoms with van der Waals surface area (Å²) in [4.78, 5) is 0. The Kier molecular flexibility index (Phi) is 6.13. The van der Waals surface area contributed by atoms with E-state index in [4.69, 9.17) is 16.3 Å². The fourth-order valence-electron chi connectivity index (χ4n) is 1.58. The molecule has 1 atom stereocenters. The van der Waals surface area contributed by atoms with E-state index in [2.05, 4.69) is 33.0 Å². The summed E-state index contributed by atoms with van der Waals surface area (Å²) in [6, 6.07) is 7.82. The van der Waals surface area contributed by atoms with E-state index in [-0.39, 0.29) is 11.6 Å². The first-order valence-electron chi connectivity index (χ1n) is 6.52. The third kappa shape index (κ3) is 6.39. The van der Waals surface area contributed by atoms with E-state index < -0.39 is 0 Å². The summed E-state index contributed by atoms with van der Waals surface area (Å²) >= 11 is 5.95. The van der Waals surface area contributed by atoms with Crippen LogP contribution in [-0.4, -0.2) is 18.2 Å². The van der Waals surface area contributed by atoms with Gasteiger partial charge in [-0.25, -0.2) is 0 Å². The molecular formula is C15H24ClNO. The molecule has 0 fully saturated rings. The van der Waals surface area contributed by atoms with Crippen molar-refractivity contribution in [2.75, 3.05) is 6.54 Å². The van der Waals surface area contributed by atoms with Crippen molar-refractivity contribution in [3.05, 3.63) is 34.9 Å². The zero-order valence-corrected chi connectivity index (χ0v) is 12.6. The van der Waals surface area contributed by atoms with Crippen LogP contribution in [0.4, 0.5) is 0 Å². The molecule has 1 unspecified atom stereocenters. The van der Waals surface area contributed by atoms with Crippen molar-refractivity contribution in [1.82, 2.24) is 5.32 Å². The molecule has 0 saturated carbocycles. The van der Waals surface area contributed by atoms with Crippen LogP contribution < -0.4 is 5.32 Å². The van der Waals surface area contributed by atoms with Crippen molar-refractivity contribution in [1.29, 1.82) is 0 Å². The lowest BCUT2D eigenvalue weighted by atomic mass is 10.1. The monoisotopic (exact) mass is 269 g/mol. The van der Waals surface area contributed by atoms with Crippen molar-refractivity contribution in [2.45, 2.75) is 52.4 Å². The number of nitrogens with one attached hydrogen (secondary N) is 1. The molecule has 18 heavy (non-hydrogen) atoms. The van der Waals surface area contributed by atoms with Gasteiger partial charge < -0.3 is 10.1 Å². The first-order valence-corrected chi connectivity index (χ1v) is 6.89. The molecule has 1 rings (SSSR count). The van der Waals surface area contributed by atoms with Crippen LogP contribution in [0.1, 0.15) is 39.7 Å². The molecule has 0 heterocycles. The Balaban J connectivity index is 2.40. The average Bonchev–Trinajstić information content (AvgIpc) is 2.28. The van der Waals surface area contributed by atoms with E-state index in [9.17, 15) is 0 Å². The van der Waals surface area contributed by atoms with Crippen LogP contribution >= 0.6 is 11.6 Å². The third-order valence-corrected chi connectivity index (χ3v) is 2.93. The maximum atomic E-state index is 5.95. The summed E-state index contributed by atoms with van der Waals surface area (Å²) < 4.78 is 5.91. The van der Waals surface area contributed by atoms with Gasteiger partial charge in [-0.05, 0) is 44.9 Å². The number of hydrogen-bond acceptors (Lipinski definition) is 2. The third-order valence-electron chi connectivity index (χ3n) is 2.69. The van der Waals surface area contributed by atoms with Gasteiger partial charge in [-0.2, -0.15) is 0 Å². The summed E-state index contributed by atoms with van der Waals surface area (Å²) in [7, 11) is 0. The number of halogens is 1. The molecule has 0 amide bonds. The van der Waals surface area contributed by atoms with E-state index in [1.165, 1.54) is 0 Å². The van der Waals surface area contributed by atoms with Gasteiger partial charge in [0, 0.05) is 17.1 Å². The Morgan fingerprint density at radius 3 is 2.61 bits per heavy atom. The minimum atomic E-state index is 0.132. The second-order valence-corrected chi connectivity index (χ2v) is 6.04. The molecular weight excluding hydrogens is 246 g/mol. The number of hydrogen-bond donors (Lipinski definition) is 1. The Morgan fingerprint density at radius 1 is 1.33 bits per heavy atom. The lowest BCUT2D eigenvalue weighted by Gasteiger charge is -2.25.